The Balaban J connectivity index is 1.63. The Labute approximate surface area is 169 Å². The van der Waals surface area contributed by atoms with E-state index in [1.54, 1.807) is 29.6 Å². The normalized spacial score (nSPS) is 25.6. The van der Waals surface area contributed by atoms with Gasteiger partial charge in [-0.1, -0.05) is 23.7 Å². The van der Waals surface area contributed by atoms with Gasteiger partial charge >= 0.3 is 5.97 Å². The minimum Gasteiger partial charge on any atom is -0.481 e. The van der Waals surface area contributed by atoms with E-state index in [1.807, 2.05) is 0 Å². The summed E-state index contributed by atoms with van der Waals surface area (Å²) in [6.45, 7) is 0. The van der Waals surface area contributed by atoms with Gasteiger partial charge in [-0.3, -0.25) is 14.4 Å². The maximum absolute atomic E-state index is 12.9. The molecule has 0 radical (unpaired) electrons. The molecule has 1 aromatic heterocycles. The van der Waals surface area contributed by atoms with Crippen molar-refractivity contribution < 1.29 is 24.2 Å². The Bertz CT molecular complexity index is 958. The second-order valence-electron chi connectivity index (χ2n) is 6.89. The highest BCUT2D eigenvalue weighted by molar-refractivity contribution is 7.15. The summed E-state index contributed by atoms with van der Waals surface area (Å²) in [7, 11) is 0. The van der Waals surface area contributed by atoms with Gasteiger partial charge in [0.05, 0.1) is 29.6 Å². The maximum atomic E-state index is 12.9. The van der Waals surface area contributed by atoms with E-state index < -0.39 is 41.8 Å². The minimum absolute atomic E-state index is 0.191. The van der Waals surface area contributed by atoms with E-state index in [1.165, 1.54) is 11.3 Å². The molecule has 28 heavy (non-hydrogen) atoms. The van der Waals surface area contributed by atoms with Gasteiger partial charge in [-0.2, -0.15) is 0 Å². The number of halogens is 1. The molecule has 4 atom stereocenters. The molecule has 2 aliphatic rings. The molecule has 9 heteroatoms. The lowest BCUT2D eigenvalue weighted by atomic mass is 9.78. The van der Waals surface area contributed by atoms with Gasteiger partial charge < -0.3 is 20.9 Å². The molecular formula is C19H17ClN2O5S. The van der Waals surface area contributed by atoms with E-state index in [2.05, 4.69) is 5.32 Å². The SMILES string of the molecule is NC(=O)c1c(-c2ccc(Cl)cc2)csc1NC(=O)[C@@H]1[C@@H](C(=O)O)[C@H]2CC[C@@H]1O2. The first-order valence-corrected chi connectivity index (χ1v) is 9.99. The first-order chi connectivity index (χ1) is 13.4. The molecule has 0 saturated carbocycles. The van der Waals surface area contributed by atoms with Gasteiger partial charge in [-0.05, 0) is 30.5 Å². The Kier molecular flexibility index (Phi) is 4.86. The Morgan fingerprint density at radius 2 is 1.79 bits per heavy atom. The number of hydrogen-bond acceptors (Lipinski definition) is 5. The lowest BCUT2D eigenvalue weighted by molar-refractivity contribution is -0.147. The number of nitrogens with two attached hydrogens (primary N) is 1. The number of carbonyl (C=O) groups excluding carboxylic acids is 2. The number of hydrogen-bond donors (Lipinski definition) is 3. The molecule has 2 aromatic rings. The first kappa shape index (κ1) is 18.9. The summed E-state index contributed by atoms with van der Waals surface area (Å²) in [4.78, 5) is 36.6. The highest BCUT2D eigenvalue weighted by Crippen LogP contribution is 2.45. The molecule has 0 aliphatic carbocycles. The lowest BCUT2D eigenvalue weighted by Gasteiger charge is -2.23. The van der Waals surface area contributed by atoms with Gasteiger partial charge in [0.1, 0.15) is 5.00 Å². The van der Waals surface area contributed by atoms with Gasteiger partial charge in [-0.25, -0.2) is 0 Å². The third-order valence-corrected chi connectivity index (χ3v) is 6.44. The molecule has 2 aliphatic heterocycles. The highest BCUT2D eigenvalue weighted by atomic mass is 35.5. The van der Waals surface area contributed by atoms with Crippen molar-refractivity contribution in [2.75, 3.05) is 5.32 Å². The average molecular weight is 421 g/mol. The monoisotopic (exact) mass is 420 g/mol. The molecule has 0 spiro atoms. The Morgan fingerprint density at radius 3 is 2.39 bits per heavy atom. The molecule has 146 valence electrons. The predicted octanol–water partition coefficient (Wildman–Crippen LogP) is 2.98. The fourth-order valence-corrected chi connectivity index (χ4v) is 5.16. The van der Waals surface area contributed by atoms with Crippen molar-refractivity contribution in [3.63, 3.8) is 0 Å². The number of primary amides is 1. The van der Waals surface area contributed by atoms with Crippen molar-refractivity contribution in [1.29, 1.82) is 0 Å². The van der Waals surface area contributed by atoms with E-state index in [0.29, 0.717) is 28.4 Å². The number of nitrogens with one attached hydrogen (secondary N) is 1. The van der Waals surface area contributed by atoms with E-state index in [4.69, 9.17) is 22.1 Å². The standard InChI is InChI=1S/C19H17ClN2O5S/c20-9-3-1-8(2-4-9)10-7-28-18(13(10)16(21)23)22-17(24)14-11-5-6-12(27-11)15(14)19(25)26/h1-4,7,11-12,14-15H,5-6H2,(H2,21,23)(H,22,24)(H,25,26)/t11-,12+,14-,15-/m0/s1. The van der Waals surface area contributed by atoms with Crippen molar-refractivity contribution in [1.82, 2.24) is 0 Å². The molecule has 2 saturated heterocycles. The van der Waals surface area contributed by atoms with Crippen LogP contribution >= 0.6 is 22.9 Å². The number of aliphatic carboxylic acids is 1. The van der Waals surface area contributed by atoms with Crippen molar-refractivity contribution in [3.8, 4) is 11.1 Å². The molecular weight excluding hydrogens is 404 g/mol. The quantitative estimate of drug-likeness (QED) is 0.687. The van der Waals surface area contributed by atoms with E-state index in [0.717, 1.165) is 5.56 Å². The van der Waals surface area contributed by atoms with Crippen LogP contribution in [0.15, 0.2) is 29.6 Å². The molecule has 3 heterocycles. The van der Waals surface area contributed by atoms with Crippen LogP contribution in [0.1, 0.15) is 23.2 Å². The summed E-state index contributed by atoms with van der Waals surface area (Å²) in [5.41, 5.74) is 7.08. The number of rotatable bonds is 5. The molecule has 7 nitrogen and oxygen atoms in total. The van der Waals surface area contributed by atoms with Crippen LogP contribution in [0.5, 0.6) is 0 Å². The van der Waals surface area contributed by atoms with Gasteiger partial charge in [-0.15, -0.1) is 11.3 Å². The van der Waals surface area contributed by atoms with E-state index in [9.17, 15) is 19.5 Å². The van der Waals surface area contributed by atoms with Crippen LogP contribution < -0.4 is 11.1 Å². The van der Waals surface area contributed by atoms with Crippen LogP contribution in [0, 0.1) is 11.8 Å². The van der Waals surface area contributed by atoms with Crippen LogP contribution in [-0.4, -0.2) is 35.1 Å². The van der Waals surface area contributed by atoms with Gasteiger partial charge in [0.25, 0.3) is 5.91 Å². The van der Waals surface area contributed by atoms with E-state index in [-0.39, 0.29) is 5.56 Å². The topological polar surface area (TPSA) is 119 Å². The number of benzene rings is 1. The van der Waals surface area contributed by atoms with Crippen LogP contribution in [-0.2, 0) is 14.3 Å². The second kappa shape index (κ2) is 7.20. The first-order valence-electron chi connectivity index (χ1n) is 8.73. The summed E-state index contributed by atoms with van der Waals surface area (Å²) in [5, 5.41) is 14.8. The molecule has 1 aromatic carbocycles. The number of carbonyl (C=O) groups is 3. The molecule has 0 unspecified atom stereocenters. The number of carboxylic acid groups (broad SMARTS) is 1. The lowest BCUT2D eigenvalue weighted by Crippen LogP contribution is -2.41. The molecule has 4 rings (SSSR count). The number of anilines is 1. The molecule has 2 amide bonds. The zero-order valence-electron chi connectivity index (χ0n) is 14.6. The largest absolute Gasteiger partial charge is 0.481 e. The predicted molar refractivity (Wildman–Crippen MR) is 104 cm³/mol. The minimum atomic E-state index is -1.05. The number of carboxylic acids is 1. The zero-order valence-corrected chi connectivity index (χ0v) is 16.1. The van der Waals surface area contributed by atoms with Crippen molar-refractivity contribution in [2.45, 2.75) is 25.0 Å². The fraction of sp³-hybridized carbons (Fsp3) is 0.316. The van der Waals surface area contributed by atoms with Crippen LogP contribution in [0.4, 0.5) is 5.00 Å². The molecule has 4 N–H and O–H groups in total. The van der Waals surface area contributed by atoms with Crippen LogP contribution in [0.2, 0.25) is 5.02 Å². The van der Waals surface area contributed by atoms with Gasteiger partial charge in [0.15, 0.2) is 0 Å². The summed E-state index contributed by atoms with van der Waals surface area (Å²) in [6.07, 6.45) is 0.425. The zero-order chi connectivity index (χ0) is 20.0. The van der Waals surface area contributed by atoms with Gasteiger partial charge in [0.2, 0.25) is 5.91 Å². The van der Waals surface area contributed by atoms with Gasteiger partial charge in [0, 0.05) is 16.0 Å². The summed E-state index contributed by atoms with van der Waals surface area (Å²) < 4.78 is 5.64. The summed E-state index contributed by atoms with van der Waals surface area (Å²) >= 11 is 7.08. The number of thiophene rings is 1. The van der Waals surface area contributed by atoms with Crippen LogP contribution in [0.3, 0.4) is 0 Å². The fourth-order valence-electron chi connectivity index (χ4n) is 4.06. The van der Waals surface area contributed by atoms with E-state index >= 15 is 0 Å². The highest BCUT2D eigenvalue weighted by Gasteiger charge is 2.55. The van der Waals surface area contributed by atoms with Crippen molar-refractivity contribution in [2.24, 2.45) is 17.6 Å². The Hall–Kier alpha value is -2.42. The number of amides is 2. The average Bonchev–Trinajstić information content (AvgIpc) is 3.35. The third-order valence-electron chi connectivity index (χ3n) is 5.29. The van der Waals surface area contributed by atoms with Crippen molar-refractivity contribution in [3.05, 3.63) is 40.2 Å². The summed E-state index contributed by atoms with van der Waals surface area (Å²) in [5.74, 6) is -3.87. The van der Waals surface area contributed by atoms with Crippen molar-refractivity contribution >= 4 is 45.7 Å². The molecule has 2 bridgehead atoms. The number of ether oxygens (including phenoxy) is 1. The maximum Gasteiger partial charge on any atom is 0.310 e. The summed E-state index contributed by atoms with van der Waals surface area (Å²) in [6, 6.07) is 6.91. The third kappa shape index (κ3) is 3.17. The molecule has 2 fully saturated rings. The Morgan fingerprint density at radius 1 is 1.14 bits per heavy atom. The van der Waals surface area contributed by atoms with Crippen LogP contribution in [0.25, 0.3) is 11.1 Å². The smallest absolute Gasteiger partial charge is 0.310 e. The number of fused-ring (bicyclic) bond motifs is 2. The second-order valence-corrected chi connectivity index (χ2v) is 8.21.